The number of pyridine rings is 1. The van der Waals surface area contributed by atoms with Crippen LogP contribution in [0.4, 0.5) is 5.69 Å². The van der Waals surface area contributed by atoms with Crippen LogP contribution >= 0.6 is 11.3 Å². The van der Waals surface area contributed by atoms with Gasteiger partial charge >= 0.3 is 0 Å². The molecule has 0 amide bonds. The van der Waals surface area contributed by atoms with Crippen molar-refractivity contribution in [1.82, 2.24) is 4.98 Å². The molecule has 0 aliphatic carbocycles. The molecule has 2 aromatic heterocycles. The van der Waals surface area contributed by atoms with Crippen LogP contribution in [0.15, 0.2) is 40.6 Å². The smallest absolute Gasteiger partial charge is 0.189 e. The Morgan fingerprint density at radius 1 is 1.32 bits per heavy atom. The number of aromatic amines is 1. The molecule has 22 heavy (non-hydrogen) atoms. The summed E-state index contributed by atoms with van der Waals surface area (Å²) in [7, 11) is 1.70. The molecule has 0 bridgehead atoms. The Balaban J connectivity index is 1.81. The number of H-pyrrole nitrogens is 1. The van der Waals surface area contributed by atoms with Gasteiger partial charge in [-0.3, -0.25) is 4.79 Å². The molecule has 2 heterocycles. The second-order valence-corrected chi connectivity index (χ2v) is 6.26. The number of hydrogen-bond acceptors (Lipinski definition) is 4. The van der Waals surface area contributed by atoms with E-state index in [1.165, 1.54) is 10.4 Å². The summed E-state index contributed by atoms with van der Waals surface area (Å²) in [6, 6.07) is 7.66. The molecular formula is C17H18N2O2S. The molecule has 0 fully saturated rings. The fourth-order valence-corrected chi connectivity index (χ4v) is 3.33. The maximum Gasteiger partial charge on any atom is 0.189 e. The maximum absolute atomic E-state index is 12.0. The normalized spacial score (nSPS) is 11.0. The Morgan fingerprint density at radius 3 is 3.00 bits per heavy atom. The third-order valence-electron chi connectivity index (χ3n) is 3.55. The van der Waals surface area contributed by atoms with Crippen LogP contribution in [-0.4, -0.2) is 12.1 Å². The lowest BCUT2D eigenvalue weighted by molar-refractivity contribution is 0.185. The molecular weight excluding hydrogens is 296 g/mol. The van der Waals surface area contributed by atoms with Gasteiger partial charge in [0.2, 0.25) is 0 Å². The minimum Gasteiger partial charge on any atom is -0.380 e. The highest BCUT2D eigenvalue weighted by Crippen LogP contribution is 2.21. The largest absolute Gasteiger partial charge is 0.380 e. The van der Waals surface area contributed by atoms with Crippen LogP contribution in [0.1, 0.15) is 16.0 Å². The second kappa shape index (κ2) is 6.34. The second-order valence-electron chi connectivity index (χ2n) is 5.27. The molecule has 3 rings (SSSR count). The fraction of sp³-hybridized carbons (Fsp3) is 0.235. The summed E-state index contributed by atoms with van der Waals surface area (Å²) >= 11 is 1.71. The molecule has 0 atom stereocenters. The topological polar surface area (TPSA) is 54.1 Å². The highest BCUT2D eigenvalue weighted by molar-refractivity contribution is 7.10. The van der Waals surface area contributed by atoms with Crippen molar-refractivity contribution in [1.29, 1.82) is 0 Å². The quantitative estimate of drug-likeness (QED) is 0.756. The minimum absolute atomic E-state index is 0.0407. The first kappa shape index (κ1) is 14.8. The van der Waals surface area contributed by atoms with Crippen LogP contribution < -0.4 is 10.7 Å². The van der Waals surface area contributed by atoms with Crippen molar-refractivity contribution in [3.8, 4) is 0 Å². The Morgan fingerprint density at radius 2 is 2.18 bits per heavy atom. The van der Waals surface area contributed by atoms with Gasteiger partial charge in [-0.25, -0.2) is 0 Å². The molecule has 0 radical (unpaired) electrons. The van der Waals surface area contributed by atoms with Gasteiger partial charge in [-0.05, 0) is 41.6 Å². The summed E-state index contributed by atoms with van der Waals surface area (Å²) in [6.45, 7) is 3.39. The molecule has 0 unspecified atom stereocenters. The standard InChI is InChI=1S/C17H18N2O2S/c1-11-5-13(7-15-16(20)3-4-18-17(11)15)19-8-14-6-12(9-21-2)10-22-14/h3-7,10,19H,8-9H2,1-2H3,(H,18,20). The van der Waals surface area contributed by atoms with E-state index >= 15 is 0 Å². The van der Waals surface area contributed by atoms with Crippen LogP contribution in [0.2, 0.25) is 0 Å². The summed E-state index contributed by atoms with van der Waals surface area (Å²) in [6.07, 6.45) is 1.69. The molecule has 0 aliphatic heterocycles. The number of anilines is 1. The minimum atomic E-state index is 0.0407. The van der Waals surface area contributed by atoms with Gasteiger partial charge in [0.05, 0.1) is 12.1 Å². The number of hydrogen-bond donors (Lipinski definition) is 2. The van der Waals surface area contributed by atoms with Crippen molar-refractivity contribution in [3.63, 3.8) is 0 Å². The number of rotatable bonds is 5. The molecule has 0 saturated heterocycles. The fourth-order valence-electron chi connectivity index (χ4n) is 2.52. The van der Waals surface area contributed by atoms with E-state index in [2.05, 4.69) is 27.8 Å². The highest BCUT2D eigenvalue weighted by atomic mass is 32.1. The molecule has 0 spiro atoms. The number of benzene rings is 1. The Bertz CT molecular complexity index is 851. The van der Waals surface area contributed by atoms with Crippen LogP contribution in [0, 0.1) is 6.92 Å². The van der Waals surface area contributed by atoms with Crippen LogP contribution in [-0.2, 0) is 17.9 Å². The number of nitrogens with one attached hydrogen (secondary N) is 2. The first-order chi connectivity index (χ1) is 10.7. The summed E-state index contributed by atoms with van der Waals surface area (Å²) in [5, 5.41) is 6.22. The zero-order chi connectivity index (χ0) is 15.5. The van der Waals surface area contributed by atoms with Gasteiger partial charge in [0.15, 0.2) is 5.43 Å². The van der Waals surface area contributed by atoms with Crippen molar-refractivity contribution in [2.45, 2.75) is 20.1 Å². The van der Waals surface area contributed by atoms with Gasteiger partial charge < -0.3 is 15.0 Å². The first-order valence-electron chi connectivity index (χ1n) is 7.08. The molecule has 0 aliphatic rings. The van der Waals surface area contributed by atoms with Crippen molar-refractivity contribution >= 4 is 27.9 Å². The van der Waals surface area contributed by atoms with Gasteiger partial charge in [-0.15, -0.1) is 11.3 Å². The van der Waals surface area contributed by atoms with E-state index in [4.69, 9.17) is 4.74 Å². The Kier molecular flexibility index (Phi) is 4.27. The highest BCUT2D eigenvalue weighted by Gasteiger charge is 2.05. The van der Waals surface area contributed by atoms with Crippen molar-refractivity contribution in [3.05, 3.63) is 62.1 Å². The van der Waals surface area contributed by atoms with Gasteiger partial charge in [0.1, 0.15) is 0 Å². The van der Waals surface area contributed by atoms with Gasteiger partial charge in [-0.2, -0.15) is 0 Å². The van der Waals surface area contributed by atoms with Crippen molar-refractivity contribution < 1.29 is 4.74 Å². The molecule has 4 nitrogen and oxygen atoms in total. The van der Waals surface area contributed by atoms with Gasteiger partial charge in [0, 0.05) is 41.9 Å². The van der Waals surface area contributed by atoms with Crippen LogP contribution in [0.3, 0.4) is 0 Å². The average Bonchev–Trinajstić information content (AvgIpc) is 2.94. The van der Waals surface area contributed by atoms with E-state index in [0.717, 1.165) is 28.7 Å². The number of fused-ring (bicyclic) bond motifs is 1. The Hall–Kier alpha value is -2.11. The van der Waals surface area contributed by atoms with E-state index in [0.29, 0.717) is 6.61 Å². The lowest BCUT2D eigenvalue weighted by Gasteiger charge is -2.08. The SMILES string of the molecule is COCc1csc(CNc2cc(C)c3[nH]ccc(=O)c3c2)c1. The number of aryl methyl sites for hydroxylation is 1. The van der Waals surface area contributed by atoms with E-state index in [-0.39, 0.29) is 5.43 Å². The van der Waals surface area contributed by atoms with Crippen molar-refractivity contribution in [2.24, 2.45) is 0 Å². The molecule has 1 aromatic carbocycles. The zero-order valence-corrected chi connectivity index (χ0v) is 13.4. The first-order valence-corrected chi connectivity index (χ1v) is 7.96. The van der Waals surface area contributed by atoms with Crippen LogP contribution in [0.5, 0.6) is 0 Å². The predicted octanol–water partition coefficient (Wildman–Crippen LogP) is 3.66. The number of thiophene rings is 1. The van der Waals surface area contributed by atoms with E-state index in [1.54, 1.807) is 30.7 Å². The summed E-state index contributed by atoms with van der Waals surface area (Å²) in [5.74, 6) is 0. The van der Waals surface area contributed by atoms with E-state index in [9.17, 15) is 4.79 Å². The maximum atomic E-state index is 12.0. The molecule has 5 heteroatoms. The summed E-state index contributed by atoms with van der Waals surface area (Å²) < 4.78 is 5.13. The lowest BCUT2D eigenvalue weighted by atomic mass is 10.1. The predicted molar refractivity (Wildman–Crippen MR) is 91.7 cm³/mol. The third-order valence-corrected chi connectivity index (χ3v) is 4.53. The Labute approximate surface area is 132 Å². The van der Waals surface area contributed by atoms with Crippen LogP contribution in [0.25, 0.3) is 10.9 Å². The molecule has 3 aromatic rings. The molecule has 114 valence electrons. The summed E-state index contributed by atoms with van der Waals surface area (Å²) in [5.41, 5.74) is 4.15. The van der Waals surface area contributed by atoms with Gasteiger partial charge in [-0.1, -0.05) is 0 Å². The zero-order valence-electron chi connectivity index (χ0n) is 12.6. The summed E-state index contributed by atoms with van der Waals surface area (Å²) in [4.78, 5) is 16.4. The van der Waals surface area contributed by atoms with E-state index in [1.807, 2.05) is 13.0 Å². The van der Waals surface area contributed by atoms with E-state index < -0.39 is 0 Å². The lowest BCUT2D eigenvalue weighted by Crippen LogP contribution is -2.04. The number of aromatic nitrogens is 1. The third kappa shape index (κ3) is 3.05. The number of ether oxygens (including phenoxy) is 1. The van der Waals surface area contributed by atoms with Crippen molar-refractivity contribution in [2.75, 3.05) is 12.4 Å². The number of methoxy groups -OCH3 is 1. The average molecular weight is 314 g/mol. The molecule has 0 saturated carbocycles. The monoisotopic (exact) mass is 314 g/mol. The van der Waals surface area contributed by atoms with Gasteiger partial charge in [0.25, 0.3) is 0 Å². The molecule has 2 N–H and O–H groups in total.